The predicted octanol–water partition coefficient (Wildman–Crippen LogP) is 1.58. The number of carbonyl (C=O) groups is 2. The van der Waals surface area contributed by atoms with Crippen molar-refractivity contribution in [1.29, 1.82) is 0 Å². The van der Waals surface area contributed by atoms with Crippen LogP contribution in [0.5, 0.6) is 0 Å². The second-order valence-electron chi connectivity index (χ2n) is 6.80. The summed E-state index contributed by atoms with van der Waals surface area (Å²) in [7, 11) is 0. The maximum atomic E-state index is 14.2. The van der Waals surface area contributed by atoms with Gasteiger partial charge >= 0.3 is 0 Å². The van der Waals surface area contributed by atoms with Crippen LogP contribution in [0.25, 0.3) is 10.9 Å². The number of rotatable bonds is 6. The first kappa shape index (κ1) is 18.3. The molecule has 0 unspecified atom stereocenters. The molecular weight excluding hydrogens is 339 g/mol. The van der Waals surface area contributed by atoms with Crippen molar-refractivity contribution in [3.63, 3.8) is 0 Å². The minimum absolute atomic E-state index is 0.0350. The number of nitrogens with zero attached hydrogens (tertiary/aromatic N) is 2. The van der Waals surface area contributed by atoms with E-state index in [1.54, 1.807) is 12.1 Å². The first-order valence-corrected chi connectivity index (χ1v) is 8.80. The summed E-state index contributed by atoms with van der Waals surface area (Å²) in [6.45, 7) is 3.92. The SMILES string of the molecule is CC[C@H](C)[C@@H](CO)NC(=O)[C@H]1CC(=O)N(c2n[nH]c3cccc(F)c23)C1. The number of benzene rings is 1. The highest BCUT2D eigenvalue weighted by atomic mass is 19.1. The number of aliphatic hydroxyl groups is 1. The number of fused-ring (bicyclic) bond motifs is 1. The van der Waals surface area contributed by atoms with E-state index in [0.717, 1.165) is 6.42 Å². The molecule has 3 rings (SSSR count). The van der Waals surface area contributed by atoms with Gasteiger partial charge in [-0.3, -0.25) is 19.6 Å². The predicted molar refractivity (Wildman–Crippen MR) is 95.0 cm³/mol. The highest BCUT2D eigenvalue weighted by molar-refractivity contribution is 6.05. The van der Waals surface area contributed by atoms with E-state index in [1.165, 1.54) is 11.0 Å². The number of amides is 2. The van der Waals surface area contributed by atoms with Gasteiger partial charge in [-0.2, -0.15) is 5.10 Å². The zero-order valence-electron chi connectivity index (χ0n) is 14.8. The molecule has 1 aliphatic rings. The van der Waals surface area contributed by atoms with Crippen LogP contribution in [0.4, 0.5) is 10.2 Å². The Labute approximate surface area is 150 Å². The van der Waals surface area contributed by atoms with Crippen molar-refractivity contribution in [2.75, 3.05) is 18.1 Å². The highest BCUT2D eigenvalue weighted by Crippen LogP contribution is 2.31. The Balaban J connectivity index is 1.77. The summed E-state index contributed by atoms with van der Waals surface area (Å²) >= 11 is 0. The van der Waals surface area contributed by atoms with Crippen molar-refractivity contribution in [2.24, 2.45) is 11.8 Å². The number of nitrogens with one attached hydrogen (secondary N) is 2. The lowest BCUT2D eigenvalue weighted by Gasteiger charge is -2.23. The number of hydrogen-bond donors (Lipinski definition) is 3. The van der Waals surface area contributed by atoms with Gasteiger partial charge in [0, 0.05) is 13.0 Å². The van der Waals surface area contributed by atoms with Gasteiger partial charge < -0.3 is 10.4 Å². The second-order valence-corrected chi connectivity index (χ2v) is 6.80. The zero-order chi connectivity index (χ0) is 18.8. The third-order valence-corrected chi connectivity index (χ3v) is 5.13. The van der Waals surface area contributed by atoms with E-state index in [1.807, 2.05) is 13.8 Å². The Bertz CT molecular complexity index is 822. The van der Waals surface area contributed by atoms with E-state index in [4.69, 9.17) is 0 Å². The smallest absolute Gasteiger partial charge is 0.229 e. The van der Waals surface area contributed by atoms with Gasteiger partial charge in [0.15, 0.2) is 5.82 Å². The highest BCUT2D eigenvalue weighted by Gasteiger charge is 2.38. The van der Waals surface area contributed by atoms with E-state index < -0.39 is 11.7 Å². The van der Waals surface area contributed by atoms with E-state index in [9.17, 15) is 19.1 Å². The standard InChI is InChI=1S/C18H23FN4O3/c1-3-10(2)14(9-24)20-18(26)11-7-15(25)23(8-11)17-16-12(19)5-4-6-13(16)21-22-17/h4-6,10-11,14,24H,3,7-9H2,1-2H3,(H,20,26)(H,21,22)/t10-,11-,14+/m0/s1. The molecule has 3 atom stereocenters. The molecule has 140 valence electrons. The molecule has 0 radical (unpaired) electrons. The summed E-state index contributed by atoms with van der Waals surface area (Å²) in [5, 5.41) is 19.3. The normalized spacial score (nSPS) is 19.8. The van der Waals surface area contributed by atoms with Gasteiger partial charge in [0.05, 0.1) is 29.5 Å². The molecule has 3 N–H and O–H groups in total. The molecule has 1 fully saturated rings. The second kappa shape index (κ2) is 7.41. The Morgan fingerprint density at radius 3 is 3.00 bits per heavy atom. The molecule has 0 spiro atoms. The summed E-state index contributed by atoms with van der Waals surface area (Å²) in [6.07, 6.45) is 0.854. The van der Waals surface area contributed by atoms with Crippen LogP contribution in [0, 0.1) is 17.7 Å². The largest absolute Gasteiger partial charge is 0.394 e. The molecule has 1 aromatic carbocycles. The molecule has 2 amide bonds. The van der Waals surface area contributed by atoms with Crippen LogP contribution in [0.15, 0.2) is 18.2 Å². The number of aliphatic hydroxyl groups excluding tert-OH is 1. The number of carbonyl (C=O) groups excluding carboxylic acids is 2. The number of anilines is 1. The lowest BCUT2D eigenvalue weighted by Crippen LogP contribution is -2.45. The zero-order valence-corrected chi connectivity index (χ0v) is 14.8. The van der Waals surface area contributed by atoms with Crippen LogP contribution < -0.4 is 10.2 Å². The minimum atomic E-state index is -0.556. The summed E-state index contributed by atoms with van der Waals surface area (Å²) in [4.78, 5) is 26.3. The summed E-state index contributed by atoms with van der Waals surface area (Å²) in [6, 6.07) is 4.20. The number of aromatic amines is 1. The van der Waals surface area contributed by atoms with Gasteiger partial charge in [-0.25, -0.2) is 4.39 Å². The fourth-order valence-corrected chi connectivity index (χ4v) is 3.25. The van der Waals surface area contributed by atoms with Crippen molar-refractivity contribution in [1.82, 2.24) is 15.5 Å². The molecular formula is C18H23FN4O3. The van der Waals surface area contributed by atoms with Gasteiger partial charge in [0.2, 0.25) is 11.8 Å². The van der Waals surface area contributed by atoms with Crippen LogP contribution in [0.3, 0.4) is 0 Å². The molecule has 0 aliphatic carbocycles. The Morgan fingerprint density at radius 1 is 1.54 bits per heavy atom. The van der Waals surface area contributed by atoms with Crippen LogP contribution in [0.2, 0.25) is 0 Å². The summed E-state index contributed by atoms with van der Waals surface area (Å²) in [5.41, 5.74) is 0.498. The van der Waals surface area contributed by atoms with Crippen molar-refractivity contribution in [3.05, 3.63) is 24.0 Å². The van der Waals surface area contributed by atoms with Gasteiger partial charge in [0.1, 0.15) is 5.82 Å². The third kappa shape index (κ3) is 3.29. The van der Waals surface area contributed by atoms with Gasteiger partial charge in [-0.05, 0) is 18.1 Å². The molecule has 0 bridgehead atoms. The van der Waals surface area contributed by atoms with Gasteiger partial charge in [-0.1, -0.05) is 26.3 Å². The minimum Gasteiger partial charge on any atom is -0.394 e. The average molecular weight is 362 g/mol. The molecule has 7 nitrogen and oxygen atoms in total. The van der Waals surface area contributed by atoms with Gasteiger partial charge in [-0.15, -0.1) is 0 Å². The van der Waals surface area contributed by atoms with Crippen LogP contribution in [-0.2, 0) is 9.59 Å². The number of hydrogen-bond acceptors (Lipinski definition) is 4. The lowest BCUT2D eigenvalue weighted by molar-refractivity contribution is -0.127. The monoisotopic (exact) mass is 362 g/mol. The van der Waals surface area contributed by atoms with Crippen molar-refractivity contribution in [3.8, 4) is 0 Å². The van der Waals surface area contributed by atoms with E-state index in [-0.39, 0.29) is 54.6 Å². The number of halogens is 1. The van der Waals surface area contributed by atoms with Crippen LogP contribution in [0.1, 0.15) is 26.7 Å². The first-order chi connectivity index (χ1) is 12.5. The fourth-order valence-electron chi connectivity index (χ4n) is 3.25. The Kier molecular flexibility index (Phi) is 5.22. The molecule has 1 saturated heterocycles. The van der Waals surface area contributed by atoms with E-state index >= 15 is 0 Å². The van der Waals surface area contributed by atoms with Crippen molar-refractivity contribution in [2.45, 2.75) is 32.7 Å². The quantitative estimate of drug-likeness (QED) is 0.727. The van der Waals surface area contributed by atoms with Gasteiger partial charge in [0.25, 0.3) is 0 Å². The van der Waals surface area contributed by atoms with Crippen LogP contribution in [-0.4, -0.2) is 46.3 Å². The summed E-state index contributed by atoms with van der Waals surface area (Å²) < 4.78 is 14.2. The van der Waals surface area contributed by atoms with Crippen LogP contribution >= 0.6 is 0 Å². The third-order valence-electron chi connectivity index (χ3n) is 5.13. The maximum absolute atomic E-state index is 14.2. The molecule has 1 aromatic heterocycles. The molecule has 0 saturated carbocycles. The number of aromatic nitrogens is 2. The topological polar surface area (TPSA) is 98.3 Å². The van der Waals surface area contributed by atoms with E-state index in [2.05, 4.69) is 15.5 Å². The molecule has 26 heavy (non-hydrogen) atoms. The van der Waals surface area contributed by atoms with Crippen molar-refractivity contribution < 1.29 is 19.1 Å². The van der Waals surface area contributed by atoms with Crippen molar-refractivity contribution >= 4 is 28.5 Å². The molecule has 8 heteroatoms. The lowest BCUT2D eigenvalue weighted by atomic mass is 9.98. The Hall–Kier alpha value is -2.48. The number of H-pyrrole nitrogens is 1. The molecule has 2 aromatic rings. The Morgan fingerprint density at radius 2 is 2.31 bits per heavy atom. The molecule has 1 aliphatic heterocycles. The fraction of sp³-hybridized carbons (Fsp3) is 0.500. The molecule has 2 heterocycles. The average Bonchev–Trinajstić information content (AvgIpc) is 3.23. The van der Waals surface area contributed by atoms with E-state index in [0.29, 0.717) is 5.52 Å². The summed E-state index contributed by atoms with van der Waals surface area (Å²) in [5.74, 6) is -1.24. The first-order valence-electron chi connectivity index (χ1n) is 8.80. The maximum Gasteiger partial charge on any atom is 0.229 e.